The van der Waals surface area contributed by atoms with Crippen LogP contribution in [0.4, 0.5) is 8.78 Å². The first-order valence-electron chi connectivity index (χ1n) is 3.84. The lowest BCUT2D eigenvalue weighted by molar-refractivity contribution is -0.0729. The summed E-state index contributed by atoms with van der Waals surface area (Å²) in [6, 6.07) is 0. The molecule has 1 atom stereocenters. The van der Waals surface area contributed by atoms with Gasteiger partial charge < -0.3 is 0 Å². The lowest BCUT2D eigenvalue weighted by atomic mass is 9.84. The molecule has 0 N–H and O–H groups in total. The van der Waals surface area contributed by atoms with Crippen molar-refractivity contribution in [2.24, 2.45) is 5.92 Å². The lowest BCUT2D eigenvalue weighted by Crippen LogP contribution is -2.31. The van der Waals surface area contributed by atoms with Crippen LogP contribution in [0, 0.1) is 12.3 Å². The van der Waals surface area contributed by atoms with Crippen LogP contribution in [0.15, 0.2) is 0 Å². The quantitative estimate of drug-likeness (QED) is 0.534. The van der Waals surface area contributed by atoms with E-state index in [9.17, 15) is 8.78 Å². The van der Waals surface area contributed by atoms with E-state index in [2.05, 4.69) is 0 Å². The van der Waals surface area contributed by atoms with Crippen LogP contribution in [-0.4, -0.2) is 5.92 Å². The van der Waals surface area contributed by atoms with E-state index in [-0.39, 0.29) is 6.42 Å². The molecule has 0 aromatic heterocycles. The zero-order chi connectivity index (χ0) is 7.61. The molecule has 1 saturated carbocycles. The van der Waals surface area contributed by atoms with Gasteiger partial charge in [0.2, 0.25) is 0 Å². The minimum Gasteiger partial charge on any atom is -0.207 e. The van der Waals surface area contributed by atoms with E-state index in [1.54, 1.807) is 13.3 Å². The molecule has 1 fully saturated rings. The number of hydrogen-bond donors (Lipinski definition) is 0. The Kier molecular flexibility index (Phi) is 2.27. The number of halogens is 2. The van der Waals surface area contributed by atoms with Crippen LogP contribution in [0.2, 0.25) is 0 Å². The van der Waals surface area contributed by atoms with Crippen molar-refractivity contribution in [2.75, 3.05) is 0 Å². The zero-order valence-corrected chi connectivity index (χ0v) is 6.24. The third kappa shape index (κ3) is 1.47. The van der Waals surface area contributed by atoms with Gasteiger partial charge in [0.25, 0.3) is 5.92 Å². The molecule has 1 rings (SSSR count). The van der Waals surface area contributed by atoms with E-state index < -0.39 is 11.8 Å². The molecule has 0 spiro atoms. The van der Waals surface area contributed by atoms with Crippen molar-refractivity contribution in [1.82, 2.24) is 0 Å². The molecule has 1 unspecified atom stereocenters. The van der Waals surface area contributed by atoms with Crippen LogP contribution in [0.1, 0.15) is 32.6 Å². The Bertz CT molecular complexity index is 110. The molecule has 0 aromatic rings. The van der Waals surface area contributed by atoms with Gasteiger partial charge >= 0.3 is 0 Å². The zero-order valence-electron chi connectivity index (χ0n) is 6.24. The molecular formula is C8H13F2. The van der Waals surface area contributed by atoms with Crippen LogP contribution in [0.3, 0.4) is 0 Å². The van der Waals surface area contributed by atoms with Gasteiger partial charge in [0.15, 0.2) is 0 Å². The maximum atomic E-state index is 12.8. The largest absolute Gasteiger partial charge is 0.251 e. The van der Waals surface area contributed by atoms with E-state index in [0.29, 0.717) is 12.8 Å². The third-order valence-corrected chi connectivity index (χ3v) is 2.22. The van der Waals surface area contributed by atoms with E-state index >= 15 is 0 Å². The summed E-state index contributed by atoms with van der Waals surface area (Å²) in [7, 11) is 0. The van der Waals surface area contributed by atoms with Gasteiger partial charge in [-0.1, -0.05) is 13.3 Å². The Morgan fingerprint density at radius 3 is 2.50 bits per heavy atom. The minimum absolute atomic E-state index is 0.0853. The molecule has 0 amide bonds. The van der Waals surface area contributed by atoms with Crippen LogP contribution < -0.4 is 0 Å². The Balaban J connectivity index is 2.51. The van der Waals surface area contributed by atoms with Gasteiger partial charge in [0.05, 0.1) is 0 Å². The topological polar surface area (TPSA) is 0 Å². The highest BCUT2D eigenvalue weighted by atomic mass is 19.3. The van der Waals surface area contributed by atoms with Crippen molar-refractivity contribution < 1.29 is 8.78 Å². The summed E-state index contributed by atoms with van der Waals surface area (Å²) in [5.41, 5.74) is 0. The van der Waals surface area contributed by atoms with Crippen molar-refractivity contribution in [3.8, 4) is 0 Å². The Hall–Kier alpha value is -0.140. The molecule has 0 saturated heterocycles. The highest BCUT2D eigenvalue weighted by Crippen LogP contribution is 2.39. The van der Waals surface area contributed by atoms with E-state index in [0.717, 1.165) is 6.42 Å². The van der Waals surface area contributed by atoms with Crippen molar-refractivity contribution in [3.05, 3.63) is 6.42 Å². The van der Waals surface area contributed by atoms with Gasteiger partial charge in [-0.25, -0.2) is 8.78 Å². The van der Waals surface area contributed by atoms with Crippen LogP contribution in [0.5, 0.6) is 0 Å². The Labute approximate surface area is 60.6 Å². The van der Waals surface area contributed by atoms with Crippen LogP contribution >= 0.6 is 0 Å². The highest BCUT2D eigenvalue weighted by Gasteiger charge is 2.39. The second-order valence-electron chi connectivity index (χ2n) is 2.95. The maximum Gasteiger partial charge on any atom is 0.251 e. The average Bonchev–Trinajstić information content (AvgIpc) is 1.87. The Morgan fingerprint density at radius 2 is 2.10 bits per heavy atom. The summed E-state index contributed by atoms with van der Waals surface area (Å²) in [5.74, 6) is -2.87. The van der Waals surface area contributed by atoms with Gasteiger partial charge in [-0.3, -0.25) is 0 Å². The molecule has 1 aliphatic rings. The maximum absolute atomic E-state index is 12.8. The summed E-state index contributed by atoms with van der Waals surface area (Å²) in [6.07, 6.45) is 4.05. The third-order valence-electron chi connectivity index (χ3n) is 2.22. The monoisotopic (exact) mass is 147 g/mol. The predicted molar refractivity (Wildman–Crippen MR) is 36.9 cm³/mol. The summed E-state index contributed by atoms with van der Waals surface area (Å²) >= 11 is 0. The standard InChI is InChI=1S/C8H13F2/c1-2-7-5-3-4-6-8(7,9)10/h2,7H,3-6H2,1H3. The first kappa shape index (κ1) is 7.96. The average molecular weight is 147 g/mol. The lowest BCUT2D eigenvalue weighted by Gasteiger charge is -2.29. The number of hydrogen-bond acceptors (Lipinski definition) is 0. The summed E-state index contributed by atoms with van der Waals surface area (Å²) in [4.78, 5) is 0. The van der Waals surface area contributed by atoms with Gasteiger partial charge in [-0.2, -0.15) is 0 Å². The fourth-order valence-electron chi connectivity index (χ4n) is 1.53. The number of alkyl halides is 2. The smallest absolute Gasteiger partial charge is 0.207 e. The van der Waals surface area contributed by atoms with Crippen LogP contribution in [-0.2, 0) is 0 Å². The van der Waals surface area contributed by atoms with Crippen molar-refractivity contribution in [1.29, 1.82) is 0 Å². The second-order valence-corrected chi connectivity index (χ2v) is 2.95. The molecular weight excluding hydrogens is 134 g/mol. The Morgan fingerprint density at radius 1 is 1.40 bits per heavy atom. The molecule has 1 aliphatic carbocycles. The second kappa shape index (κ2) is 2.85. The van der Waals surface area contributed by atoms with E-state index in [1.807, 2.05) is 0 Å². The first-order chi connectivity index (χ1) is 4.67. The first-order valence-corrected chi connectivity index (χ1v) is 3.84. The normalized spacial score (nSPS) is 32.1. The molecule has 59 valence electrons. The van der Waals surface area contributed by atoms with E-state index in [4.69, 9.17) is 0 Å². The summed E-state index contributed by atoms with van der Waals surface area (Å²) in [6.45, 7) is 1.73. The van der Waals surface area contributed by atoms with Gasteiger partial charge in [-0.05, 0) is 19.3 Å². The fraction of sp³-hybridized carbons (Fsp3) is 0.875. The van der Waals surface area contributed by atoms with Crippen molar-refractivity contribution in [3.63, 3.8) is 0 Å². The molecule has 2 heteroatoms. The SMILES string of the molecule is C[CH]C1CCCCC1(F)F. The molecule has 1 radical (unpaired) electrons. The fourth-order valence-corrected chi connectivity index (χ4v) is 1.53. The van der Waals surface area contributed by atoms with Gasteiger partial charge in [0.1, 0.15) is 0 Å². The molecule has 0 aliphatic heterocycles. The van der Waals surface area contributed by atoms with Gasteiger partial charge in [0, 0.05) is 12.3 Å². The molecule has 0 nitrogen and oxygen atoms in total. The molecule has 0 aromatic carbocycles. The molecule has 10 heavy (non-hydrogen) atoms. The summed E-state index contributed by atoms with van der Waals surface area (Å²) in [5, 5.41) is 0. The van der Waals surface area contributed by atoms with Gasteiger partial charge in [-0.15, -0.1) is 0 Å². The van der Waals surface area contributed by atoms with Crippen LogP contribution in [0.25, 0.3) is 0 Å². The summed E-state index contributed by atoms with van der Waals surface area (Å²) < 4.78 is 25.7. The van der Waals surface area contributed by atoms with Crippen molar-refractivity contribution >= 4 is 0 Å². The van der Waals surface area contributed by atoms with Crippen molar-refractivity contribution in [2.45, 2.75) is 38.5 Å². The highest BCUT2D eigenvalue weighted by molar-refractivity contribution is 4.88. The minimum atomic E-state index is -2.41. The van der Waals surface area contributed by atoms with E-state index in [1.165, 1.54) is 0 Å². The molecule has 0 bridgehead atoms. The number of rotatable bonds is 1. The molecule has 0 heterocycles. The predicted octanol–water partition coefficient (Wildman–Crippen LogP) is 3.04.